The summed E-state index contributed by atoms with van der Waals surface area (Å²) in [6.45, 7) is 3.59. The van der Waals surface area contributed by atoms with Crippen molar-refractivity contribution < 1.29 is 19.1 Å². The number of benzene rings is 2. The van der Waals surface area contributed by atoms with Crippen molar-refractivity contribution in [1.29, 1.82) is 0 Å². The van der Waals surface area contributed by atoms with Gasteiger partial charge in [0, 0.05) is 24.2 Å². The number of ketones is 1. The van der Waals surface area contributed by atoms with Crippen LogP contribution in [0.1, 0.15) is 46.8 Å². The molecular weight excluding hydrogens is 398 g/mol. The monoisotopic (exact) mass is 419 g/mol. The highest BCUT2D eigenvalue weighted by molar-refractivity contribution is 5.99. The normalized spacial score (nSPS) is 13.5. The predicted molar refractivity (Wildman–Crippen MR) is 114 cm³/mol. The lowest BCUT2D eigenvalue weighted by Crippen LogP contribution is -2.30. The number of nitrogens with one attached hydrogen (secondary N) is 1. The zero-order chi connectivity index (χ0) is 22.1. The van der Waals surface area contributed by atoms with Gasteiger partial charge in [0.1, 0.15) is 5.82 Å². The summed E-state index contributed by atoms with van der Waals surface area (Å²) < 4.78 is 6.95. The number of carbonyl (C=O) groups excluding carboxylic acids is 3. The van der Waals surface area contributed by atoms with Crippen LogP contribution in [0.5, 0.6) is 0 Å². The lowest BCUT2D eigenvalue weighted by Gasteiger charge is -2.14. The van der Waals surface area contributed by atoms with E-state index in [9.17, 15) is 19.2 Å². The van der Waals surface area contributed by atoms with Crippen molar-refractivity contribution in [2.24, 2.45) is 0 Å². The van der Waals surface area contributed by atoms with E-state index in [4.69, 9.17) is 4.74 Å². The molecule has 31 heavy (non-hydrogen) atoms. The van der Waals surface area contributed by atoms with Crippen LogP contribution in [0.3, 0.4) is 0 Å². The van der Waals surface area contributed by atoms with Crippen LogP contribution in [-0.2, 0) is 22.5 Å². The average Bonchev–Trinajstić information content (AvgIpc) is 3.22. The van der Waals surface area contributed by atoms with Gasteiger partial charge in [-0.1, -0.05) is 0 Å². The molecule has 2 aromatic carbocycles. The van der Waals surface area contributed by atoms with Gasteiger partial charge < -0.3 is 10.1 Å². The Hall–Kier alpha value is -3.81. The van der Waals surface area contributed by atoms with Crippen LogP contribution in [0.4, 0.5) is 5.69 Å². The van der Waals surface area contributed by atoms with Crippen LogP contribution in [0.25, 0.3) is 10.9 Å². The zero-order valence-corrected chi connectivity index (χ0v) is 17.2. The lowest BCUT2D eigenvalue weighted by molar-refractivity contribution is -0.123. The highest BCUT2D eigenvalue weighted by atomic mass is 16.5. The SMILES string of the molecule is CC(=O)c1ccc(NC(=O)[C@H](C)OC(=O)c2ccc3c(=O)n4c(nc3c2)CCC4)cc1. The number of nitrogens with zero attached hydrogens (tertiary/aromatic N) is 2. The third kappa shape index (κ3) is 4.09. The Morgan fingerprint density at radius 1 is 1.10 bits per heavy atom. The number of esters is 1. The van der Waals surface area contributed by atoms with E-state index < -0.39 is 18.0 Å². The van der Waals surface area contributed by atoms with Crippen LogP contribution in [0.15, 0.2) is 47.3 Å². The molecule has 0 spiro atoms. The summed E-state index contributed by atoms with van der Waals surface area (Å²) in [5.41, 5.74) is 1.57. The fourth-order valence-electron chi connectivity index (χ4n) is 3.52. The lowest BCUT2D eigenvalue weighted by atomic mass is 10.1. The Morgan fingerprint density at radius 2 is 1.81 bits per heavy atom. The molecule has 2 heterocycles. The second-order valence-corrected chi connectivity index (χ2v) is 7.49. The van der Waals surface area contributed by atoms with E-state index in [1.54, 1.807) is 34.9 Å². The molecule has 1 aromatic heterocycles. The fourth-order valence-corrected chi connectivity index (χ4v) is 3.52. The first-order valence-corrected chi connectivity index (χ1v) is 10.00. The minimum atomic E-state index is -1.05. The molecule has 3 aromatic rings. The van der Waals surface area contributed by atoms with Crippen molar-refractivity contribution in [3.05, 3.63) is 69.8 Å². The highest BCUT2D eigenvalue weighted by Crippen LogP contribution is 2.17. The third-order valence-electron chi connectivity index (χ3n) is 5.26. The summed E-state index contributed by atoms with van der Waals surface area (Å²) in [6.07, 6.45) is 0.552. The van der Waals surface area contributed by atoms with Gasteiger partial charge in [-0.3, -0.25) is 19.0 Å². The van der Waals surface area contributed by atoms with Gasteiger partial charge >= 0.3 is 5.97 Å². The maximum absolute atomic E-state index is 12.5. The molecule has 0 saturated heterocycles. The Labute approximate surface area is 177 Å². The van der Waals surface area contributed by atoms with E-state index in [0.29, 0.717) is 34.5 Å². The molecule has 1 amide bonds. The predicted octanol–water partition coefficient (Wildman–Crippen LogP) is 2.73. The molecule has 1 aliphatic heterocycles. The Bertz CT molecular complexity index is 1260. The van der Waals surface area contributed by atoms with Crippen molar-refractivity contribution in [2.75, 3.05) is 5.32 Å². The van der Waals surface area contributed by atoms with Crippen molar-refractivity contribution in [3.8, 4) is 0 Å². The van der Waals surface area contributed by atoms with Crippen molar-refractivity contribution in [1.82, 2.24) is 9.55 Å². The van der Waals surface area contributed by atoms with Gasteiger partial charge in [0.2, 0.25) is 0 Å². The number of aromatic nitrogens is 2. The number of amides is 1. The molecule has 8 nitrogen and oxygen atoms in total. The maximum Gasteiger partial charge on any atom is 0.338 e. The standard InChI is InChI=1S/C23H21N3O5/c1-13(27)15-5-8-17(9-6-15)24-21(28)14(2)31-23(30)16-7-10-18-19(12-16)25-20-4-3-11-26(20)22(18)29/h5-10,12,14H,3-4,11H2,1-2H3,(H,24,28)/t14-/m0/s1. The number of Topliss-reactive ketones (excluding diaryl/α,β-unsaturated/α-hetero) is 1. The second kappa shape index (κ2) is 8.14. The molecule has 0 aliphatic carbocycles. The number of ether oxygens (including phenoxy) is 1. The van der Waals surface area contributed by atoms with Crippen LogP contribution < -0.4 is 10.9 Å². The van der Waals surface area contributed by atoms with Gasteiger partial charge in [0.05, 0.1) is 16.5 Å². The number of rotatable bonds is 5. The topological polar surface area (TPSA) is 107 Å². The molecule has 0 unspecified atom stereocenters. The van der Waals surface area contributed by atoms with Crippen LogP contribution >= 0.6 is 0 Å². The van der Waals surface area contributed by atoms with Gasteiger partial charge in [-0.15, -0.1) is 0 Å². The van der Waals surface area contributed by atoms with E-state index in [2.05, 4.69) is 10.3 Å². The van der Waals surface area contributed by atoms with Gasteiger partial charge in [-0.25, -0.2) is 9.78 Å². The summed E-state index contributed by atoms with van der Waals surface area (Å²) in [7, 11) is 0. The summed E-state index contributed by atoms with van der Waals surface area (Å²) >= 11 is 0. The van der Waals surface area contributed by atoms with E-state index in [1.165, 1.54) is 26.0 Å². The minimum Gasteiger partial charge on any atom is -0.449 e. The second-order valence-electron chi connectivity index (χ2n) is 7.49. The number of carbonyl (C=O) groups is 3. The van der Waals surface area contributed by atoms with Gasteiger partial charge in [0.25, 0.3) is 11.5 Å². The molecule has 0 bridgehead atoms. The van der Waals surface area contributed by atoms with Crippen molar-refractivity contribution in [2.45, 2.75) is 39.3 Å². The molecular formula is C23H21N3O5. The molecule has 158 valence electrons. The summed E-state index contributed by atoms with van der Waals surface area (Å²) in [5, 5.41) is 3.09. The Balaban J connectivity index is 1.46. The average molecular weight is 419 g/mol. The Kier molecular flexibility index (Phi) is 5.37. The number of fused-ring (bicyclic) bond motifs is 2. The van der Waals surface area contributed by atoms with Gasteiger partial charge in [-0.2, -0.15) is 0 Å². The number of anilines is 1. The molecule has 8 heteroatoms. The maximum atomic E-state index is 12.5. The smallest absolute Gasteiger partial charge is 0.338 e. The van der Waals surface area contributed by atoms with Crippen molar-refractivity contribution >= 4 is 34.3 Å². The van der Waals surface area contributed by atoms with E-state index in [1.807, 2.05) is 0 Å². The van der Waals surface area contributed by atoms with E-state index in [0.717, 1.165) is 12.8 Å². The molecule has 0 saturated carbocycles. The molecule has 1 aliphatic rings. The fraction of sp³-hybridized carbons (Fsp3) is 0.261. The first-order valence-electron chi connectivity index (χ1n) is 10.00. The van der Waals surface area contributed by atoms with Crippen LogP contribution in [0, 0.1) is 0 Å². The first kappa shape index (κ1) is 20.5. The highest BCUT2D eigenvalue weighted by Gasteiger charge is 2.21. The molecule has 4 rings (SSSR count). The zero-order valence-electron chi connectivity index (χ0n) is 17.2. The number of hydrogen-bond donors (Lipinski definition) is 1. The molecule has 1 N–H and O–H groups in total. The van der Waals surface area contributed by atoms with Gasteiger partial charge in [-0.05, 0) is 62.7 Å². The summed E-state index contributed by atoms with van der Waals surface area (Å²) in [5.74, 6) is -0.540. The first-order chi connectivity index (χ1) is 14.8. The van der Waals surface area contributed by atoms with Crippen LogP contribution in [-0.4, -0.2) is 33.3 Å². The molecule has 0 radical (unpaired) electrons. The largest absolute Gasteiger partial charge is 0.449 e. The van der Waals surface area contributed by atoms with Crippen molar-refractivity contribution in [3.63, 3.8) is 0 Å². The number of hydrogen-bond acceptors (Lipinski definition) is 6. The summed E-state index contributed by atoms with van der Waals surface area (Å²) in [6, 6.07) is 11.0. The summed E-state index contributed by atoms with van der Waals surface area (Å²) in [4.78, 5) is 53.3. The van der Waals surface area contributed by atoms with E-state index in [-0.39, 0.29) is 16.9 Å². The van der Waals surface area contributed by atoms with E-state index >= 15 is 0 Å². The van der Waals surface area contributed by atoms with Crippen LogP contribution in [0.2, 0.25) is 0 Å². The molecule has 1 atom stereocenters. The van der Waals surface area contributed by atoms with Gasteiger partial charge in [0.15, 0.2) is 11.9 Å². The number of aryl methyl sites for hydroxylation is 1. The minimum absolute atomic E-state index is 0.0716. The Morgan fingerprint density at radius 3 is 2.52 bits per heavy atom. The molecule has 0 fully saturated rings. The quantitative estimate of drug-likeness (QED) is 0.503. The third-order valence-corrected chi connectivity index (χ3v) is 5.26.